The third kappa shape index (κ3) is 5.33. The molecule has 0 aromatic rings. The first-order chi connectivity index (χ1) is 7.93. The molecule has 0 radical (unpaired) electrons. The van der Waals surface area contributed by atoms with E-state index in [1.807, 2.05) is 0 Å². The Morgan fingerprint density at radius 1 is 1.24 bits per heavy atom. The van der Waals surface area contributed by atoms with Gasteiger partial charge in [-0.05, 0) is 13.3 Å². The summed E-state index contributed by atoms with van der Waals surface area (Å²) in [5.41, 5.74) is 0. The van der Waals surface area contributed by atoms with Crippen molar-refractivity contribution >= 4 is 17.8 Å². The molecule has 0 fully saturated rings. The Morgan fingerprint density at radius 3 is 2.24 bits per heavy atom. The highest BCUT2D eigenvalue weighted by Gasteiger charge is 2.24. The molecular weight excluding hydrogens is 226 g/mol. The fourth-order valence-corrected chi connectivity index (χ4v) is 1.41. The molecule has 0 heterocycles. The number of nitrogens with zero attached hydrogens (tertiary/aromatic N) is 1. The number of ether oxygens (including phenoxy) is 1. The van der Waals surface area contributed by atoms with Crippen LogP contribution in [0.4, 0.5) is 0 Å². The maximum absolute atomic E-state index is 11.6. The van der Waals surface area contributed by atoms with Crippen molar-refractivity contribution in [2.45, 2.75) is 39.2 Å². The Bertz CT molecular complexity index is 290. The van der Waals surface area contributed by atoms with Gasteiger partial charge in [-0.3, -0.25) is 9.59 Å². The van der Waals surface area contributed by atoms with Crippen LogP contribution in [0.25, 0.3) is 0 Å². The van der Waals surface area contributed by atoms with Gasteiger partial charge < -0.3 is 14.7 Å². The summed E-state index contributed by atoms with van der Waals surface area (Å²) in [6.07, 6.45) is 0.281. The molecule has 0 spiro atoms. The second kappa shape index (κ2) is 7.65. The summed E-state index contributed by atoms with van der Waals surface area (Å²) in [4.78, 5) is 34.6. The van der Waals surface area contributed by atoms with E-state index in [1.54, 1.807) is 13.8 Å². The highest BCUT2D eigenvalue weighted by atomic mass is 16.5. The van der Waals surface area contributed by atoms with Gasteiger partial charge in [-0.15, -0.1) is 0 Å². The molecule has 98 valence electrons. The number of carbonyl (C=O) groups is 3. The van der Waals surface area contributed by atoms with Gasteiger partial charge in [-0.2, -0.15) is 0 Å². The number of hydrogen-bond donors (Lipinski definition) is 1. The number of carboxylic acids is 1. The minimum Gasteiger partial charge on any atom is -0.480 e. The summed E-state index contributed by atoms with van der Waals surface area (Å²) in [6.45, 7) is 3.65. The van der Waals surface area contributed by atoms with Crippen LogP contribution in [0.1, 0.15) is 33.1 Å². The first-order valence-corrected chi connectivity index (χ1v) is 5.58. The Balaban J connectivity index is 4.21. The molecule has 0 aromatic heterocycles. The molecule has 1 atom stereocenters. The summed E-state index contributed by atoms with van der Waals surface area (Å²) in [7, 11) is 1.43. The number of carbonyl (C=O) groups excluding carboxylic acids is 2. The van der Waals surface area contributed by atoms with Crippen LogP contribution in [0.3, 0.4) is 0 Å². The number of amides is 1. The lowest BCUT2D eigenvalue weighted by Crippen LogP contribution is -2.42. The highest BCUT2D eigenvalue weighted by molar-refractivity contribution is 5.85. The van der Waals surface area contributed by atoms with Gasteiger partial charge in [0.05, 0.1) is 13.0 Å². The molecule has 0 rings (SSSR count). The molecule has 6 heteroatoms. The van der Waals surface area contributed by atoms with Gasteiger partial charge in [0.1, 0.15) is 6.04 Å². The second-order valence-corrected chi connectivity index (χ2v) is 3.57. The average Bonchev–Trinajstić information content (AvgIpc) is 2.26. The minimum absolute atomic E-state index is 0.0208. The maximum atomic E-state index is 11.6. The predicted molar refractivity (Wildman–Crippen MR) is 60.4 cm³/mol. The monoisotopic (exact) mass is 245 g/mol. The third-order valence-electron chi connectivity index (χ3n) is 2.38. The van der Waals surface area contributed by atoms with E-state index in [-0.39, 0.29) is 25.4 Å². The average molecular weight is 245 g/mol. The summed E-state index contributed by atoms with van der Waals surface area (Å²) in [6, 6.07) is -0.843. The zero-order valence-electron chi connectivity index (χ0n) is 10.4. The van der Waals surface area contributed by atoms with E-state index in [0.29, 0.717) is 6.42 Å². The molecule has 0 saturated carbocycles. The van der Waals surface area contributed by atoms with E-state index in [9.17, 15) is 14.4 Å². The molecule has 0 aliphatic carbocycles. The number of esters is 1. The number of carboxylic acid groups (broad SMARTS) is 1. The van der Waals surface area contributed by atoms with Crippen molar-refractivity contribution in [3.05, 3.63) is 0 Å². The molecule has 1 amide bonds. The number of likely N-dealkylation sites (N-methyl/N-ethyl adjacent to an activating group) is 1. The van der Waals surface area contributed by atoms with Crippen molar-refractivity contribution in [3.63, 3.8) is 0 Å². The summed E-state index contributed by atoms with van der Waals surface area (Å²) < 4.78 is 4.68. The number of hydrogen-bond acceptors (Lipinski definition) is 4. The summed E-state index contributed by atoms with van der Waals surface area (Å²) in [5, 5.41) is 8.87. The lowest BCUT2D eigenvalue weighted by atomic mass is 10.2. The zero-order valence-corrected chi connectivity index (χ0v) is 10.4. The van der Waals surface area contributed by atoms with Gasteiger partial charge in [0.15, 0.2) is 0 Å². The van der Waals surface area contributed by atoms with Crippen molar-refractivity contribution in [3.8, 4) is 0 Å². The van der Waals surface area contributed by atoms with Gasteiger partial charge in [0.25, 0.3) is 0 Å². The topological polar surface area (TPSA) is 83.9 Å². The van der Waals surface area contributed by atoms with Crippen molar-refractivity contribution in [1.29, 1.82) is 0 Å². The lowest BCUT2D eigenvalue weighted by Gasteiger charge is -2.23. The Morgan fingerprint density at radius 2 is 1.82 bits per heavy atom. The Labute approximate surface area is 101 Å². The normalized spacial score (nSPS) is 11.7. The van der Waals surface area contributed by atoms with Crippen LogP contribution in [-0.4, -0.2) is 47.5 Å². The largest absolute Gasteiger partial charge is 0.480 e. The zero-order chi connectivity index (χ0) is 13.4. The molecule has 17 heavy (non-hydrogen) atoms. The smallest absolute Gasteiger partial charge is 0.326 e. The van der Waals surface area contributed by atoms with Crippen LogP contribution in [0.2, 0.25) is 0 Å². The van der Waals surface area contributed by atoms with E-state index in [2.05, 4.69) is 4.74 Å². The van der Waals surface area contributed by atoms with E-state index >= 15 is 0 Å². The van der Waals surface area contributed by atoms with Gasteiger partial charge in [0, 0.05) is 13.5 Å². The quantitative estimate of drug-likeness (QED) is 0.666. The number of aliphatic carboxylic acids is 1. The van der Waals surface area contributed by atoms with Gasteiger partial charge >= 0.3 is 11.9 Å². The molecule has 0 aliphatic rings. The molecular formula is C11H19NO5. The SMILES string of the molecule is CCOC(=O)CCC(=O)N(C)C(CC)C(=O)O. The molecule has 1 unspecified atom stereocenters. The standard InChI is InChI=1S/C11H19NO5/c1-4-8(11(15)16)12(3)9(13)6-7-10(14)17-5-2/h8H,4-7H2,1-3H3,(H,15,16). The van der Waals surface area contributed by atoms with E-state index in [4.69, 9.17) is 5.11 Å². The Kier molecular flexibility index (Phi) is 6.93. The van der Waals surface area contributed by atoms with Crippen LogP contribution in [0.15, 0.2) is 0 Å². The van der Waals surface area contributed by atoms with Crippen LogP contribution < -0.4 is 0 Å². The van der Waals surface area contributed by atoms with Crippen molar-refractivity contribution in [2.75, 3.05) is 13.7 Å². The highest BCUT2D eigenvalue weighted by Crippen LogP contribution is 2.06. The fraction of sp³-hybridized carbons (Fsp3) is 0.727. The van der Waals surface area contributed by atoms with Crippen LogP contribution in [0.5, 0.6) is 0 Å². The predicted octanol–water partition coefficient (Wildman–Crippen LogP) is 0.651. The molecule has 1 N–H and O–H groups in total. The van der Waals surface area contributed by atoms with Gasteiger partial charge in [-0.1, -0.05) is 6.92 Å². The van der Waals surface area contributed by atoms with Crippen molar-refractivity contribution in [1.82, 2.24) is 4.90 Å². The first-order valence-electron chi connectivity index (χ1n) is 5.58. The molecule has 0 aliphatic heterocycles. The third-order valence-corrected chi connectivity index (χ3v) is 2.38. The van der Waals surface area contributed by atoms with Crippen molar-refractivity contribution in [2.24, 2.45) is 0 Å². The Hall–Kier alpha value is -1.59. The van der Waals surface area contributed by atoms with Crippen LogP contribution >= 0.6 is 0 Å². The van der Waals surface area contributed by atoms with Gasteiger partial charge in [0.2, 0.25) is 5.91 Å². The molecule has 6 nitrogen and oxygen atoms in total. The van der Waals surface area contributed by atoms with Crippen LogP contribution in [-0.2, 0) is 19.1 Å². The molecule has 0 saturated heterocycles. The van der Waals surface area contributed by atoms with Crippen molar-refractivity contribution < 1.29 is 24.2 Å². The maximum Gasteiger partial charge on any atom is 0.326 e. The minimum atomic E-state index is -1.04. The number of rotatable bonds is 7. The summed E-state index contributed by atoms with van der Waals surface area (Å²) in [5.74, 6) is -1.86. The van der Waals surface area contributed by atoms with E-state index in [1.165, 1.54) is 7.05 Å². The lowest BCUT2D eigenvalue weighted by molar-refractivity contribution is -0.150. The molecule has 0 bridgehead atoms. The summed E-state index contributed by atoms with van der Waals surface area (Å²) >= 11 is 0. The molecule has 0 aromatic carbocycles. The first kappa shape index (κ1) is 15.4. The van der Waals surface area contributed by atoms with Crippen LogP contribution in [0, 0.1) is 0 Å². The second-order valence-electron chi connectivity index (χ2n) is 3.57. The van der Waals surface area contributed by atoms with E-state index in [0.717, 1.165) is 4.90 Å². The van der Waals surface area contributed by atoms with E-state index < -0.39 is 18.0 Å². The fourth-order valence-electron chi connectivity index (χ4n) is 1.41. The van der Waals surface area contributed by atoms with Gasteiger partial charge in [-0.25, -0.2) is 4.79 Å².